The quantitative estimate of drug-likeness (QED) is 0.656. The molecule has 0 radical (unpaired) electrons. The normalized spacial score (nSPS) is 15.7. The Bertz CT molecular complexity index is 260. The summed E-state index contributed by atoms with van der Waals surface area (Å²) in [6.45, 7) is 17.9. The molecule has 0 fully saturated rings. The van der Waals surface area contributed by atoms with Gasteiger partial charge < -0.3 is 0 Å². The molecule has 94 valence electrons. The molecule has 0 aliphatic carbocycles. The first-order valence-electron chi connectivity index (χ1n) is 6.37. The third-order valence-electron chi connectivity index (χ3n) is 4.67. The molecule has 0 aliphatic rings. The van der Waals surface area contributed by atoms with Crippen molar-refractivity contribution in [3.8, 4) is 6.07 Å². The van der Waals surface area contributed by atoms with Gasteiger partial charge in [-0.25, -0.2) is 0 Å². The van der Waals surface area contributed by atoms with Crippen LogP contribution in [0.1, 0.15) is 68.2 Å². The largest absolute Gasteiger partial charge is 0.198 e. The first-order chi connectivity index (χ1) is 6.98. The lowest BCUT2D eigenvalue weighted by molar-refractivity contribution is 0.0564. The Morgan fingerprint density at radius 3 is 1.69 bits per heavy atom. The van der Waals surface area contributed by atoms with Crippen LogP contribution >= 0.6 is 0 Å². The van der Waals surface area contributed by atoms with Gasteiger partial charge in [-0.05, 0) is 22.7 Å². The highest BCUT2D eigenvalue weighted by Crippen LogP contribution is 2.48. The van der Waals surface area contributed by atoms with E-state index in [2.05, 4.69) is 61.5 Å². The first-order valence-corrected chi connectivity index (χ1v) is 6.37. The third kappa shape index (κ3) is 3.51. The molecule has 0 rings (SSSR count). The summed E-state index contributed by atoms with van der Waals surface area (Å²) in [5.41, 5.74) is 0.480. The molecular weight excluding hydrogens is 194 g/mol. The molecule has 0 spiro atoms. The molecule has 0 unspecified atom stereocenters. The van der Waals surface area contributed by atoms with Gasteiger partial charge in [-0.3, -0.25) is 0 Å². The Labute approximate surface area is 102 Å². The number of nitriles is 1. The molecule has 0 aliphatic heterocycles. The van der Waals surface area contributed by atoms with Crippen molar-refractivity contribution < 1.29 is 0 Å². The predicted octanol–water partition coefficient (Wildman–Crippen LogP) is 5.02. The van der Waals surface area contributed by atoms with Crippen LogP contribution in [-0.4, -0.2) is 0 Å². The van der Waals surface area contributed by atoms with E-state index >= 15 is 0 Å². The fourth-order valence-corrected chi connectivity index (χ4v) is 1.68. The lowest BCUT2D eigenvalue weighted by atomic mass is 9.59. The summed E-state index contributed by atoms with van der Waals surface area (Å²) in [5, 5.41) is 9.43. The van der Waals surface area contributed by atoms with Gasteiger partial charge >= 0.3 is 0 Å². The maximum Gasteiger partial charge on any atom is 0.0661 e. The molecule has 0 bridgehead atoms. The summed E-state index contributed by atoms with van der Waals surface area (Å²) in [6.07, 6.45) is 2.12. The number of rotatable bonds is 4. The van der Waals surface area contributed by atoms with Crippen molar-refractivity contribution >= 4 is 0 Å². The van der Waals surface area contributed by atoms with E-state index in [1.165, 1.54) is 0 Å². The van der Waals surface area contributed by atoms with Crippen LogP contribution in [0.15, 0.2) is 0 Å². The second kappa shape index (κ2) is 4.78. The minimum absolute atomic E-state index is 0.0498. The number of hydrogen-bond donors (Lipinski definition) is 0. The molecule has 16 heavy (non-hydrogen) atoms. The van der Waals surface area contributed by atoms with Crippen LogP contribution in [-0.2, 0) is 0 Å². The van der Waals surface area contributed by atoms with Crippen LogP contribution in [0.2, 0.25) is 0 Å². The molecule has 1 atom stereocenters. The molecule has 1 nitrogen and oxygen atoms in total. The molecule has 0 aromatic rings. The van der Waals surface area contributed by atoms with Crippen molar-refractivity contribution in [2.24, 2.45) is 22.2 Å². The molecule has 0 heterocycles. The van der Waals surface area contributed by atoms with Gasteiger partial charge in [0.05, 0.1) is 12.0 Å². The number of nitrogens with zero attached hydrogens (tertiary/aromatic N) is 1. The molecule has 1 heteroatoms. The van der Waals surface area contributed by atoms with Gasteiger partial charge in [-0.1, -0.05) is 61.8 Å². The number of hydrogen-bond acceptors (Lipinski definition) is 1. The van der Waals surface area contributed by atoms with Gasteiger partial charge in [0.1, 0.15) is 0 Å². The molecular formula is C15H29N. The maximum atomic E-state index is 9.43. The van der Waals surface area contributed by atoms with E-state index in [4.69, 9.17) is 0 Å². The lowest BCUT2D eigenvalue weighted by Crippen LogP contribution is -2.38. The van der Waals surface area contributed by atoms with E-state index in [9.17, 15) is 5.26 Å². The van der Waals surface area contributed by atoms with Crippen molar-refractivity contribution in [1.82, 2.24) is 0 Å². The summed E-state index contributed by atoms with van der Waals surface area (Å²) >= 11 is 0. The average molecular weight is 223 g/mol. The topological polar surface area (TPSA) is 23.8 Å². The van der Waals surface area contributed by atoms with E-state index in [0.29, 0.717) is 0 Å². The minimum Gasteiger partial charge on any atom is -0.198 e. The molecule has 0 N–H and O–H groups in total. The summed E-state index contributed by atoms with van der Waals surface area (Å²) in [4.78, 5) is 0. The van der Waals surface area contributed by atoms with Gasteiger partial charge in [0, 0.05) is 0 Å². The van der Waals surface area contributed by atoms with E-state index < -0.39 is 0 Å². The smallest absolute Gasteiger partial charge is 0.0661 e. The van der Waals surface area contributed by atoms with Crippen LogP contribution < -0.4 is 0 Å². The van der Waals surface area contributed by atoms with Crippen LogP contribution in [0.3, 0.4) is 0 Å². The van der Waals surface area contributed by atoms with E-state index in [1.807, 2.05) is 0 Å². The van der Waals surface area contributed by atoms with Gasteiger partial charge in [-0.15, -0.1) is 0 Å². The molecule has 0 saturated carbocycles. The van der Waals surface area contributed by atoms with Gasteiger partial charge in [0.25, 0.3) is 0 Å². The zero-order valence-corrected chi connectivity index (χ0v) is 12.4. The van der Waals surface area contributed by atoms with E-state index in [0.717, 1.165) is 12.8 Å². The zero-order chi connectivity index (χ0) is 13.2. The zero-order valence-electron chi connectivity index (χ0n) is 12.4. The average Bonchev–Trinajstić information content (AvgIpc) is 2.12. The van der Waals surface area contributed by atoms with E-state index in [1.54, 1.807) is 0 Å². The Morgan fingerprint density at radius 1 is 1.00 bits per heavy atom. The molecule has 0 aromatic carbocycles. The monoisotopic (exact) mass is 223 g/mol. The second-order valence-electron chi connectivity index (χ2n) is 7.38. The Balaban J connectivity index is 4.98. The standard InChI is InChI=1S/C15H29N/c1-9-14(5,6)10-12(11-16)15(7,8)13(2,3)4/h12H,9-10H2,1-8H3/t12-/m1/s1. The highest BCUT2D eigenvalue weighted by atomic mass is 14.5. The molecule has 0 amide bonds. The van der Waals surface area contributed by atoms with Crippen molar-refractivity contribution in [3.05, 3.63) is 0 Å². The van der Waals surface area contributed by atoms with Gasteiger partial charge in [-0.2, -0.15) is 5.26 Å². The van der Waals surface area contributed by atoms with Gasteiger partial charge in [0.15, 0.2) is 0 Å². The Hall–Kier alpha value is -0.510. The van der Waals surface area contributed by atoms with Crippen molar-refractivity contribution in [2.75, 3.05) is 0 Å². The molecule has 0 aromatic heterocycles. The van der Waals surface area contributed by atoms with Crippen LogP contribution in [0.25, 0.3) is 0 Å². The predicted molar refractivity (Wildman–Crippen MR) is 71.0 cm³/mol. The van der Waals surface area contributed by atoms with Crippen molar-refractivity contribution in [2.45, 2.75) is 68.2 Å². The molecule has 0 saturated heterocycles. The second-order valence-corrected chi connectivity index (χ2v) is 7.38. The Kier molecular flexibility index (Phi) is 4.63. The third-order valence-corrected chi connectivity index (χ3v) is 4.67. The summed E-state index contributed by atoms with van der Waals surface area (Å²) in [7, 11) is 0. The lowest BCUT2D eigenvalue weighted by Gasteiger charge is -2.44. The summed E-state index contributed by atoms with van der Waals surface area (Å²) < 4.78 is 0. The van der Waals surface area contributed by atoms with Gasteiger partial charge in [0.2, 0.25) is 0 Å². The maximum absolute atomic E-state index is 9.43. The SMILES string of the molecule is CCC(C)(C)C[C@H](C#N)C(C)(C)C(C)(C)C. The van der Waals surface area contributed by atoms with Crippen LogP contribution in [0.4, 0.5) is 0 Å². The summed E-state index contributed by atoms with van der Waals surface area (Å²) in [5.74, 6) is 0.127. The fraction of sp³-hybridized carbons (Fsp3) is 0.933. The first kappa shape index (κ1) is 15.5. The minimum atomic E-state index is 0.0498. The van der Waals surface area contributed by atoms with Crippen LogP contribution in [0.5, 0.6) is 0 Å². The fourth-order valence-electron chi connectivity index (χ4n) is 1.68. The highest BCUT2D eigenvalue weighted by Gasteiger charge is 2.41. The summed E-state index contributed by atoms with van der Waals surface area (Å²) in [6, 6.07) is 2.54. The van der Waals surface area contributed by atoms with Crippen LogP contribution in [0, 0.1) is 33.5 Å². The Morgan fingerprint density at radius 2 is 1.44 bits per heavy atom. The van der Waals surface area contributed by atoms with Crippen molar-refractivity contribution in [1.29, 1.82) is 5.26 Å². The highest BCUT2D eigenvalue weighted by molar-refractivity contribution is 5.00. The van der Waals surface area contributed by atoms with E-state index in [-0.39, 0.29) is 22.2 Å². The van der Waals surface area contributed by atoms with Crippen molar-refractivity contribution in [3.63, 3.8) is 0 Å².